The van der Waals surface area contributed by atoms with E-state index in [-0.39, 0.29) is 11.4 Å². The minimum Gasteiger partial charge on any atom is -0.478 e. The van der Waals surface area contributed by atoms with Crippen molar-refractivity contribution in [1.29, 1.82) is 0 Å². The molecule has 17 heavy (non-hydrogen) atoms. The van der Waals surface area contributed by atoms with E-state index < -0.39 is 5.97 Å². The fraction of sp³-hybridized carbons (Fsp3) is 0.0833. The van der Waals surface area contributed by atoms with Gasteiger partial charge in [-0.1, -0.05) is 0 Å². The van der Waals surface area contributed by atoms with Crippen molar-refractivity contribution in [2.24, 2.45) is 0 Å². The third-order valence-corrected chi connectivity index (χ3v) is 3.13. The van der Waals surface area contributed by atoms with E-state index in [4.69, 9.17) is 9.52 Å². The van der Waals surface area contributed by atoms with Crippen molar-refractivity contribution in [1.82, 2.24) is 0 Å². The van der Waals surface area contributed by atoms with E-state index in [1.165, 1.54) is 36.2 Å². The van der Waals surface area contributed by atoms with Gasteiger partial charge in [0.1, 0.15) is 17.8 Å². The van der Waals surface area contributed by atoms with Crippen molar-refractivity contribution < 1.29 is 18.7 Å². The van der Waals surface area contributed by atoms with Crippen LogP contribution in [0.15, 0.2) is 45.9 Å². The highest BCUT2D eigenvalue weighted by Crippen LogP contribution is 2.23. The van der Waals surface area contributed by atoms with Crippen LogP contribution >= 0.6 is 11.8 Å². The lowest BCUT2D eigenvalue weighted by Gasteiger charge is -1.98. The van der Waals surface area contributed by atoms with Crippen molar-refractivity contribution in [3.8, 4) is 0 Å². The number of carbonyl (C=O) groups is 1. The van der Waals surface area contributed by atoms with Crippen LogP contribution in [0.25, 0.3) is 0 Å². The summed E-state index contributed by atoms with van der Waals surface area (Å²) in [5, 5.41) is 8.71. The van der Waals surface area contributed by atoms with Crippen LogP contribution in [-0.4, -0.2) is 11.1 Å². The van der Waals surface area contributed by atoms with Gasteiger partial charge in [-0.25, -0.2) is 9.18 Å². The molecule has 0 radical (unpaired) electrons. The van der Waals surface area contributed by atoms with Crippen LogP contribution in [0.1, 0.15) is 16.1 Å². The second-order valence-electron chi connectivity index (χ2n) is 3.35. The first kappa shape index (κ1) is 11.7. The zero-order valence-corrected chi connectivity index (χ0v) is 9.54. The fourth-order valence-corrected chi connectivity index (χ4v) is 2.04. The molecule has 0 saturated heterocycles. The van der Waals surface area contributed by atoms with Crippen molar-refractivity contribution in [3.05, 3.63) is 53.7 Å². The van der Waals surface area contributed by atoms with Crippen LogP contribution in [0.2, 0.25) is 0 Å². The van der Waals surface area contributed by atoms with Crippen LogP contribution in [-0.2, 0) is 5.75 Å². The summed E-state index contributed by atoms with van der Waals surface area (Å²) < 4.78 is 17.7. The SMILES string of the molecule is O=C(O)c1coc(CSc2ccc(F)cc2)c1. The summed E-state index contributed by atoms with van der Waals surface area (Å²) in [5.74, 6) is -0.192. The van der Waals surface area contributed by atoms with E-state index in [0.717, 1.165) is 4.90 Å². The third-order valence-electron chi connectivity index (χ3n) is 2.10. The Morgan fingerprint density at radius 2 is 2.06 bits per heavy atom. The van der Waals surface area contributed by atoms with Gasteiger partial charge in [0, 0.05) is 4.90 Å². The summed E-state index contributed by atoms with van der Waals surface area (Å²) in [5.41, 5.74) is 0.139. The summed E-state index contributed by atoms with van der Waals surface area (Å²) in [7, 11) is 0. The monoisotopic (exact) mass is 252 g/mol. The standard InChI is InChI=1S/C12H9FO3S/c13-9-1-3-11(4-2-9)17-7-10-5-8(6-16-10)12(14)15/h1-6H,7H2,(H,14,15). The number of halogens is 1. The van der Waals surface area contributed by atoms with Gasteiger partial charge in [0.15, 0.2) is 0 Å². The predicted molar refractivity (Wildman–Crippen MR) is 61.6 cm³/mol. The van der Waals surface area contributed by atoms with Crippen LogP contribution in [0.4, 0.5) is 4.39 Å². The van der Waals surface area contributed by atoms with Gasteiger partial charge in [-0.15, -0.1) is 11.8 Å². The molecule has 0 aliphatic heterocycles. The molecular weight excluding hydrogens is 243 g/mol. The van der Waals surface area contributed by atoms with E-state index >= 15 is 0 Å². The third kappa shape index (κ3) is 3.10. The maximum atomic E-state index is 12.6. The van der Waals surface area contributed by atoms with Gasteiger partial charge in [0.2, 0.25) is 0 Å². The van der Waals surface area contributed by atoms with Crippen LogP contribution < -0.4 is 0 Å². The number of rotatable bonds is 4. The predicted octanol–water partition coefficient (Wildman–Crippen LogP) is 3.41. The maximum Gasteiger partial charge on any atom is 0.338 e. The molecule has 1 heterocycles. The van der Waals surface area contributed by atoms with Crippen molar-refractivity contribution in [2.75, 3.05) is 0 Å². The summed E-state index contributed by atoms with van der Waals surface area (Å²) in [6.45, 7) is 0. The van der Waals surface area contributed by atoms with E-state index in [1.807, 2.05) is 0 Å². The number of aromatic carboxylic acids is 1. The topological polar surface area (TPSA) is 50.4 Å². The molecule has 0 aliphatic carbocycles. The largest absolute Gasteiger partial charge is 0.478 e. The summed E-state index contributed by atoms with van der Waals surface area (Å²) in [6, 6.07) is 7.58. The lowest BCUT2D eigenvalue weighted by atomic mass is 10.3. The number of hydrogen-bond donors (Lipinski definition) is 1. The quantitative estimate of drug-likeness (QED) is 0.847. The second-order valence-corrected chi connectivity index (χ2v) is 4.40. The number of thioether (sulfide) groups is 1. The summed E-state index contributed by atoms with van der Waals surface area (Å²) in [4.78, 5) is 11.5. The molecule has 88 valence electrons. The van der Waals surface area contributed by atoms with Gasteiger partial charge in [-0.3, -0.25) is 0 Å². The zero-order chi connectivity index (χ0) is 12.3. The molecule has 0 spiro atoms. The molecule has 0 bridgehead atoms. The smallest absolute Gasteiger partial charge is 0.338 e. The molecule has 0 atom stereocenters. The first-order chi connectivity index (χ1) is 8.15. The number of hydrogen-bond acceptors (Lipinski definition) is 3. The molecule has 3 nitrogen and oxygen atoms in total. The Bertz CT molecular complexity index is 519. The summed E-state index contributed by atoms with van der Waals surface area (Å²) >= 11 is 1.45. The van der Waals surface area contributed by atoms with E-state index in [1.54, 1.807) is 12.1 Å². The summed E-state index contributed by atoms with van der Waals surface area (Å²) in [6.07, 6.45) is 1.21. The normalized spacial score (nSPS) is 10.4. The Balaban J connectivity index is 1.97. The molecule has 1 aromatic carbocycles. The Labute approximate surface area is 101 Å². The van der Waals surface area contributed by atoms with Gasteiger partial charge in [0.25, 0.3) is 0 Å². The van der Waals surface area contributed by atoms with Crippen LogP contribution in [0.5, 0.6) is 0 Å². The van der Waals surface area contributed by atoms with E-state index in [9.17, 15) is 9.18 Å². The molecule has 0 unspecified atom stereocenters. The molecule has 5 heteroatoms. The molecule has 2 rings (SSSR count). The first-order valence-corrected chi connectivity index (χ1v) is 5.83. The Morgan fingerprint density at radius 3 is 2.65 bits per heavy atom. The minimum atomic E-state index is -1.01. The lowest BCUT2D eigenvalue weighted by molar-refractivity contribution is 0.0696. The maximum absolute atomic E-state index is 12.6. The van der Waals surface area contributed by atoms with E-state index in [2.05, 4.69) is 0 Å². The Morgan fingerprint density at radius 1 is 1.35 bits per heavy atom. The average molecular weight is 252 g/mol. The number of carboxylic acids is 1. The highest BCUT2D eigenvalue weighted by Gasteiger charge is 2.08. The van der Waals surface area contributed by atoms with Gasteiger partial charge in [0.05, 0.1) is 11.3 Å². The molecule has 2 aromatic rings. The van der Waals surface area contributed by atoms with E-state index in [0.29, 0.717) is 11.5 Å². The van der Waals surface area contributed by atoms with Gasteiger partial charge in [-0.05, 0) is 30.3 Å². The highest BCUT2D eigenvalue weighted by molar-refractivity contribution is 7.98. The van der Waals surface area contributed by atoms with Gasteiger partial charge < -0.3 is 9.52 Å². The fourth-order valence-electron chi connectivity index (χ4n) is 1.25. The average Bonchev–Trinajstić information content (AvgIpc) is 2.77. The first-order valence-electron chi connectivity index (χ1n) is 4.84. The molecule has 0 amide bonds. The Hall–Kier alpha value is -1.75. The van der Waals surface area contributed by atoms with Gasteiger partial charge in [-0.2, -0.15) is 0 Å². The van der Waals surface area contributed by atoms with Crippen molar-refractivity contribution in [3.63, 3.8) is 0 Å². The molecule has 0 fully saturated rings. The number of carboxylic acid groups (broad SMARTS) is 1. The molecule has 0 aliphatic rings. The Kier molecular flexibility index (Phi) is 3.49. The van der Waals surface area contributed by atoms with Crippen molar-refractivity contribution >= 4 is 17.7 Å². The minimum absolute atomic E-state index is 0.139. The molecule has 1 aromatic heterocycles. The number of benzene rings is 1. The molecular formula is C12H9FO3S. The molecule has 1 N–H and O–H groups in total. The van der Waals surface area contributed by atoms with Crippen molar-refractivity contribution in [2.45, 2.75) is 10.6 Å². The molecule has 0 saturated carbocycles. The second kappa shape index (κ2) is 5.05. The van der Waals surface area contributed by atoms with Gasteiger partial charge >= 0.3 is 5.97 Å². The number of furan rings is 1. The van der Waals surface area contributed by atoms with Crippen LogP contribution in [0, 0.1) is 5.82 Å². The zero-order valence-electron chi connectivity index (χ0n) is 8.72. The van der Waals surface area contributed by atoms with Crippen LogP contribution in [0.3, 0.4) is 0 Å². The lowest BCUT2D eigenvalue weighted by Crippen LogP contribution is -1.91. The highest BCUT2D eigenvalue weighted by atomic mass is 32.2.